The smallest absolute Gasteiger partial charge is 0.141 e. The van der Waals surface area contributed by atoms with Crippen LogP contribution in [-0.4, -0.2) is 9.55 Å². The molecular weight excluding hydrogens is 208 g/mol. The molecule has 0 amide bonds. The molecule has 2 aromatic carbocycles. The van der Waals surface area contributed by atoms with Crippen molar-refractivity contribution in [1.82, 2.24) is 9.55 Å². The number of aromatic nitrogens is 2. The highest BCUT2D eigenvalue weighted by Gasteiger charge is 2.21. The van der Waals surface area contributed by atoms with Crippen LogP contribution in [0.25, 0.3) is 22.4 Å². The lowest BCUT2D eigenvalue weighted by Crippen LogP contribution is -1.92. The van der Waals surface area contributed by atoms with Crippen molar-refractivity contribution in [3.8, 4) is 11.4 Å². The Hall–Kier alpha value is -2.09. The highest BCUT2D eigenvalue weighted by molar-refractivity contribution is 5.83. The zero-order valence-electron chi connectivity index (χ0n) is 9.64. The minimum atomic E-state index is 0.950. The van der Waals surface area contributed by atoms with Crippen LogP contribution in [0.15, 0.2) is 42.5 Å². The standard InChI is InChI=1S/C15H12N2/c1-10-6-7-13-14(8-10)17-9-11-4-2-3-5-12(11)15(17)16-13/h2-8H,9H2,1H3. The van der Waals surface area contributed by atoms with Gasteiger partial charge in [0.05, 0.1) is 17.6 Å². The summed E-state index contributed by atoms with van der Waals surface area (Å²) < 4.78 is 2.31. The van der Waals surface area contributed by atoms with Crippen LogP contribution in [0, 0.1) is 6.92 Å². The highest BCUT2D eigenvalue weighted by Crippen LogP contribution is 2.34. The van der Waals surface area contributed by atoms with Gasteiger partial charge in [-0.25, -0.2) is 4.98 Å². The molecule has 4 rings (SSSR count). The molecule has 3 aromatic rings. The molecule has 17 heavy (non-hydrogen) atoms. The van der Waals surface area contributed by atoms with Gasteiger partial charge in [-0.2, -0.15) is 0 Å². The molecule has 0 atom stereocenters. The van der Waals surface area contributed by atoms with Crippen LogP contribution in [0.4, 0.5) is 0 Å². The molecule has 0 fully saturated rings. The van der Waals surface area contributed by atoms with Crippen molar-refractivity contribution in [2.45, 2.75) is 13.5 Å². The molecule has 2 heterocycles. The quantitative estimate of drug-likeness (QED) is 0.444. The number of hydrogen-bond acceptors (Lipinski definition) is 1. The van der Waals surface area contributed by atoms with Crippen LogP contribution < -0.4 is 0 Å². The number of hydrogen-bond donors (Lipinski definition) is 0. The lowest BCUT2D eigenvalue weighted by molar-refractivity contribution is 0.878. The molecule has 0 N–H and O–H groups in total. The molecule has 0 saturated carbocycles. The van der Waals surface area contributed by atoms with Gasteiger partial charge in [0.2, 0.25) is 0 Å². The number of aryl methyl sites for hydroxylation is 1. The van der Waals surface area contributed by atoms with Gasteiger partial charge in [0, 0.05) is 5.56 Å². The average molecular weight is 220 g/mol. The van der Waals surface area contributed by atoms with Gasteiger partial charge in [-0.05, 0) is 30.2 Å². The summed E-state index contributed by atoms with van der Waals surface area (Å²) in [5.74, 6) is 1.11. The van der Waals surface area contributed by atoms with Crippen molar-refractivity contribution >= 4 is 11.0 Å². The Kier molecular flexibility index (Phi) is 1.57. The van der Waals surface area contributed by atoms with Crippen molar-refractivity contribution < 1.29 is 0 Å². The first-order valence-electron chi connectivity index (χ1n) is 5.88. The number of fused-ring (bicyclic) bond motifs is 5. The molecular formula is C15H12N2. The first kappa shape index (κ1) is 8.99. The van der Waals surface area contributed by atoms with Crippen LogP contribution in [0.5, 0.6) is 0 Å². The maximum absolute atomic E-state index is 4.74. The zero-order chi connectivity index (χ0) is 11.4. The fourth-order valence-corrected chi connectivity index (χ4v) is 2.65. The van der Waals surface area contributed by atoms with Gasteiger partial charge in [0.15, 0.2) is 0 Å². The van der Waals surface area contributed by atoms with Crippen LogP contribution in [-0.2, 0) is 6.54 Å². The zero-order valence-corrected chi connectivity index (χ0v) is 9.64. The van der Waals surface area contributed by atoms with E-state index in [0.29, 0.717) is 0 Å². The number of benzene rings is 2. The second kappa shape index (κ2) is 2.98. The van der Waals surface area contributed by atoms with Crippen LogP contribution in [0.1, 0.15) is 11.1 Å². The predicted octanol–water partition coefficient (Wildman–Crippen LogP) is 3.37. The van der Waals surface area contributed by atoms with Gasteiger partial charge in [-0.1, -0.05) is 30.3 Å². The van der Waals surface area contributed by atoms with E-state index >= 15 is 0 Å². The Labute approximate surface area is 99.5 Å². The maximum atomic E-state index is 4.74. The average Bonchev–Trinajstić information content (AvgIpc) is 2.85. The summed E-state index contributed by atoms with van der Waals surface area (Å²) >= 11 is 0. The molecule has 1 aromatic heterocycles. The van der Waals surface area contributed by atoms with Gasteiger partial charge in [-0.3, -0.25) is 0 Å². The Morgan fingerprint density at radius 3 is 2.94 bits per heavy atom. The molecule has 1 aliphatic rings. The van der Waals surface area contributed by atoms with Crippen LogP contribution >= 0.6 is 0 Å². The molecule has 82 valence electrons. The van der Waals surface area contributed by atoms with Crippen molar-refractivity contribution in [1.29, 1.82) is 0 Å². The van der Waals surface area contributed by atoms with Gasteiger partial charge in [-0.15, -0.1) is 0 Å². The van der Waals surface area contributed by atoms with Crippen LogP contribution in [0.2, 0.25) is 0 Å². The summed E-state index contributed by atoms with van der Waals surface area (Å²) in [5, 5.41) is 0. The molecule has 0 radical (unpaired) electrons. The Morgan fingerprint density at radius 1 is 1.12 bits per heavy atom. The Morgan fingerprint density at radius 2 is 2.00 bits per heavy atom. The molecule has 2 heteroatoms. The maximum Gasteiger partial charge on any atom is 0.141 e. The summed E-state index contributed by atoms with van der Waals surface area (Å²) in [6.07, 6.45) is 0. The third-order valence-corrected chi connectivity index (χ3v) is 3.49. The number of rotatable bonds is 0. The fourth-order valence-electron chi connectivity index (χ4n) is 2.65. The normalized spacial score (nSPS) is 12.8. The van der Waals surface area contributed by atoms with Gasteiger partial charge >= 0.3 is 0 Å². The number of imidazole rings is 1. The van der Waals surface area contributed by atoms with E-state index in [1.165, 1.54) is 22.2 Å². The fraction of sp³-hybridized carbons (Fsp3) is 0.133. The van der Waals surface area contributed by atoms with E-state index in [4.69, 9.17) is 4.98 Å². The second-order valence-electron chi connectivity index (χ2n) is 4.67. The molecule has 0 unspecified atom stereocenters. The van der Waals surface area contributed by atoms with E-state index in [9.17, 15) is 0 Å². The minimum absolute atomic E-state index is 0.950. The molecule has 0 saturated heterocycles. The van der Waals surface area contributed by atoms with E-state index in [1.807, 2.05) is 0 Å². The summed E-state index contributed by atoms with van der Waals surface area (Å²) in [4.78, 5) is 4.74. The second-order valence-corrected chi connectivity index (χ2v) is 4.67. The Bertz CT molecular complexity index is 738. The van der Waals surface area contributed by atoms with E-state index in [0.717, 1.165) is 17.9 Å². The topological polar surface area (TPSA) is 17.8 Å². The first-order valence-corrected chi connectivity index (χ1v) is 5.88. The van der Waals surface area contributed by atoms with Gasteiger partial charge in [0.25, 0.3) is 0 Å². The largest absolute Gasteiger partial charge is 0.319 e. The SMILES string of the molecule is Cc1ccc2nc3n(c2c1)Cc1ccccc1-3. The van der Waals surface area contributed by atoms with Crippen molar-refractivity contribution in [2.24, 2.45) is 0 Å². The van der Waals surface area contributed by atoms with E-state index < -0.39 is 0 Å². The lowest BCUT2D eigenvalue weighted by atomic mass is 10.1. The van der Waals surface area contributed by atoms with Crippen molar-refractivity contribution in [3.63, 3.8) is 0 Å². The van der Waals surface area contributed by atoms with Crippen LogP contribution in [0.3, 0.4) is 0 Å². The summed E-state index contributed by atoms with van der Waals surface area (Å²) in [6, 6.07) is 15.0. The van der Waals surface area contributed by atoms with E-state index in [1.54, 1.807) is 0 Å². The summed E-state index contributed by atoms with van der Waals surface area (Å²) in [7, 11) is 0. The van der Waals surface area contributed by atoms with Crippen molar-refractivity contribution in [3.05, 3.63) is 53.6 Å². The third-order valence-electron chi connectivity index (χ3n) is 3.49. The molecule has 0 spiro atoms. The minimum Gasteiger partial charge on any atom is -0.319 e. The lowest BCUT2D eigenvalue weighted by Gasteiger charge is -1.99. The molecule has 1 aliphatic heterocycles. The van der Waals surface area contributed by atoms with E-state index in [2.05, 4.69) is 54.0 Å². The van der Waals surface area contributed by atoms with E-state index in [-0.39, 0.29) is 0 Å². The summed E-state index contributed by atoms with van der Waals surface area (Å²) in [6.45, 7) is 3.08. The third kappa shape index (κ3) is 1.12. The predicted molar refractivity (Wildman–Crippen MR) is 69.0 cm³/mol. The van der Waals surface area contributed by atoms with Crippen molar-refractivity contribution in [2.75, 3.05) is 0 Å². The van der Waals surface area contributed by atoms with Gasteiger partial charge in [0.1, 0.15) is 5.82 Å². The van der Waals surface area contributed by atoms with Gasteiger partial charge < -0.3 is 4.57 Å². The first-order chi connectivity index (χ1) is 8.33. The molecule has 0 bridgehead atoms. The highest BCUT2D eigenvalue weighted by atomic mass is 15.1. The Balaban J connectivity index is 2.09. The number of nitrogens with zero attached hydrogens (tertiary/aromatic N) is 2. The monoisotopic (exact) mass is 220 g/mol. The summed E-state index contributed by atoms with van der Waals surface area (Å²) in [5.41, 5.74) is 6.28. The molecule has 0 aliphatic carbocycles. The molecule has 2 nitrogen and oxygen atoms in total.